The fraction of sp³-hybridized carbons (Fsp3) is 0.500. The van der Waals surface area contributed by atoms with Gasteiger partial charge in [0, 0.05) is 67.9 Å². The van der Waals surface area contributed by atoms with Crippen LogP contribution in [0.4, 0.5) is 0 Å². The van der Waals surface area contributed by atoms with E-state index in [9.17, 15) is 9.59 Å². The Balaban J connectivity index is 1.20. The molecule has 5 nitrogen and oxygen atoms in total. The van der Waals surface area contributed by atoms with Gasteiger partial charge in [-0.25, -0.2) is 0 Å². The summed E-state index contributed by atoms with van der Waals surface area (Å²) < 4.78 is 2.09. The van der Waals surface area contributed by atoms with E-state index in [1.807, 2.05) is 42.1 Å². The normalized spacial score (nSPS) is 23.1. The molecule has 2 saturated carbocycles. The molecule has 1 aliphatic heterocycles. The summed E-state index contributed by atoms with van der Waals surface area (Å²) in [5, 5.41) is 1.16. The summed E-state index contributed by atoms with van der Waals surface area (Å²) >= 11 is 0. The molecule has 2 amide bonds. The number of carbonyl (C=O) groups excluding carboxylic acids is 2. The summed E-state index contributed by atoms with van der Waals surface area (Å²) in [6.45, 7) is 1.52. The second-order valence-electron chi connectivity index (χ2n) is 9.17. The second kappa shape index (κ2) is 6.75. The predicted octanol–water partition coefficient (Wildman–Crippen LogP) is 3.44. The van der Waals surface area contributed by atoms with Gasteiger partial charge in [-0.15, -0.1) is 0 Å². The van der Waals surface area contributed by atoms with E-state index in [1.54, 1.807) is 6.08 Å². The van der Waals surface area contributed by atoms with Gasteiger partial charge in [0.1, 0.15) is 0 Å². The first kappa shape index (κ1) is 18.5. The molecule has 5 heteroatoms. The smallest absolute Gasteiger partial charge is 0.246 e. The van der Waals surface area contributed by atoms with E-state index in [2.05, 4.69) is 22.9 Å². The van der Waals surface area contributed by atoms with Crippen LogP contribution in [0.2, 0.25) is 0 Å². The lowest BCUT2D eigenvalue weighted by atomic mass is 9.90. The highest BCUT2D eigenvalue weighted by molar-refractivity contribution is 5.96. The molecule has 3 fully saturated rings. The molecule has 2 heterocycles. The van der Waals surface area contributed by atoms with Gasteiger partial charge < -0.3 is 14.4 Å². The van der Waals surface area contributed by atoms with Crippen LogP contribution in [0.3, 0.4) is 0 Å². The standard InChI is InChI=1S/C24H29N3O2/c1-25-16-17(19-5-3-4-6-21(19)25)7-10-22(28)27-13-11-24(12-14-27)15-20(24)23(29)26(2)18-8-9-18/h3-7,10,16,18,20H,8-9,11-15H2,1-2H3/b10-7+. The molecule has 0 radical (unpaired) electrons. The topological polar surface area (TPSA) is 45.6 Å². The van der Waals surface area contributed by atoms with Gasteiger partial charge in [0.05, 0.1) is 0 Å². The lowest BCUT2D eigenvalue weighted by molar-refractivity contribution is -0.133. The highest BCUT2D eigenvalue weighted by Gasteiger charge is 2.59. The average Bonchev–Trinajstić information content (AvgIpc) is 3.66. The minimum atomic E-state index is 0.0754. The Morgan fingerprint density at radius 2 is 1.90 bits per heavy atom. The molecule has 2 aromatic rings. The fourth-order valence-corrected chi connectivity index (χ4v) is 5.08. The SMILES string of the molecule is CN(C(=O)C1CC12CCN(C(=O)/C=C/c1cn(C)c3ccccc13)CC2)C1CC1. The summed E-state index contributed by atoms with van der Waals surface area (Å²) in [5.41, 5.74) is 2.40. The molecule has 0 N–H and O–H groups in total. The van der Waals surface area contributed by atoms with Gasteiger partial charge in [0.2, 0.25) is 11.8 Å². The van der Waals surface area contributed by atoms with Gasteiger partial charge in [-0.05, 0) is 49.7 Å². The van der Waals surface area contributed by atoms with E-state index in [1.165, 1.54) is 5.52 Å². The summed E-state index contributed by atoms with van der Waals surface area (Å²) in [5.74, 6) is 0.603. The molecule has 1 saturated heterocycles. The van der Waals surface area contributed by atoms with E-state index in [0.717, 1.165) is 56.1 Å². The van der Waals surface area contributed by atoms with Crippen molar-refractivity contribution in [2.75, 3.05) is 20.1 Å². The number of carbonyl (C=O) groups is 2. The molecule has 152 valence electrons. The number of aromatic nitrogens is 1. The molecule has 29 heavy (non-hydrogen) atoms. The summed E-state index contributed by atoms with van der Waals surface area (Å²) in [6, 6.07) is 8.73. The summed E-state index contributed by atoms with van der Waals surface area (Å²) in [6.07, 6.45) is 10.9. The van der Waals surface area contributed by atoms with Crippen molar-refractivity contribution in [2.45, 2.75) is 38.1 Å². The number of hydrogen-bond acceptors (Lipinski definition) is 2. The second-order valence-corrected chi connectivity index (χ2v) is 9.17. The number of benzene rings is 1. The molecule has 1 spiro atoms. The number of amides is 2. The van der Waals surface area contributed by atoms with Crippen molar-refractivity contribution in [3.05, 3.63) is 42.1 Å². The van der Waals surface area contributed by atoms with Gasteiger partial charge in [-0.1, -0.05) is 18.2 Å². The molecule has 1 aromatic heterocycles. The average molecular weight is 392 g/mol. The minimum absolute atomic E-state index is 0.0754. The largest absolute Gasteiger partial charge is 0.350 e. The van der Waals surface area contributed by atoms with Crippen LogP contribution >= 0.6 is 0 Å². The minimum Gasteiger partial charge on any atom is -0.350 e. The Morgan fingerprint density at radius 1 is 1.17 bits per heavy atom. The van der Waals surface area contributed by atoms with E-state index < -0.39 is 0 Å². The first-order chi connectivity index (χ1) is 14.0. The zero-order valence-corrected chi connectivity index (χ0v) is 17.3. The highest BCUT2D eigenvalue weighted by Crippen LogP contribution is 2.60. The number of hydrogen-bond donors (Lipinski definition) is 0. The molecular formula is C24H29N3O2. The van der Waals surface area contributed by atoms with Crippen LogP contribution < -0.4 is 0 Å². The predicted molar refractivity (Wildman–Crippen MR) is 114 cm³/mol. The molecule has 1 aromatic carbocycles. The number of fused-ring (bicyclic) bond motifs is 1. The van der Waals surface area contributed by atoms with Crippen LogP contribution in [0.15, 0.2) is 36.5 Å². The van der Waals surface area contributed by atoms with Crippen LogP contribution in [0.5, 0.6) is 0 Å². The lowest BCUT2D eigenvalue weighted by Gasteiger charge is -2.32. The number of para-hydroxylation sites is 1. The molecule has 1 atom stereocenters. The molecule has 1 unspecified atom stereocenters. The maximum Gasteiger partial charge on any atom is 0.246 e. The number of rotatable bonds is 4. The highest BCUT2D eigenvalue weighted by atomic mass is 16.2. The number of piperidine rings is 1. The third-order valence-corrected chi connectivity index (χ3v) is 7.33. The monoisotopic (exact) mass is 391 g/mol. The third-order valence-electron chi connectivity index (χ3n) is 7.33. The van der Waals surface area contributed by atoms with Crippen LogP contribution in [-0.4, -0.2) is 52.4 Å². The maximum atomic E-state index is 12.7. The Labute approximate surface area is 172 Å². The van der Waals surface area contributed by atoms with Crippen molar-refractivity contribution in [1.82, 2.24) is 14.4 Å². The summed E-state index contributed by atoms with van der Waals surface area (Å²) in [7, 11) is 3.99. The fourth-order valence-electron chi connectivity index (χ4n) is 5.08. The Hall–Kier alpha value is -2.56. The van der Waals surface area contributed by atoms with Crippen LogP contribution in [-0.2, 0) is 16.6 Å². The van der Waals surface area contributed by atoms with Crippen molar-refractivity contribution in [1.29, 1.82) is 0 Å². The molecule has 0 bridgehead atoms. The van der Waals surface area contributed by atoms with Gasteiger partial charge in [-0.2, -0.15) is 0 Å². The molecular weight excluding hydrogens is 362 g/mol. The van der Waals surface area contributed by atoms with Gasteiger partial charge in [0.15, 0.2) is 0 Å². The molecule has 3 aliphatic rings. The van der Waals surface area contributed by atoms with Crippen molar-refractivity contribution >= 4 is 28.8 Å². The number of aryl methyl sites for hydroxylation is 1. The van der Waals surface area contributed by atoms with Crippen LogP contribution in [0.25, 0.3) is 17.0 Å². The van der Waals surface area contributed by atoms with E-state index in [-0.39, 0.29) is 17.2 Å². The van der Waals surface area contributed by atoms with Crippen molar-refractivity contribution in [3.8, 4) is 0 Å². The van der Waals surface area contributed by atoms with Crippen molar-refractivity contribution in [2.24, 2.45) is 18.4 Å². The first-order valence-electron chi connectivity index (χ1n) is 10.8. The summed E-state index contributed by atoms with van der Waals surface area (Å²) in [4.78, 5) is 29.3. The van der Waals surface area contributed by atoms with Crippen molar-refractivity contribution < 1.29 is 9.59 Å². The van der Waals surface area contributed by atoms with Gasteiger partial charge >= 0.3 is 0 Å². The maximum absolute atomic E-state index is 12.7. The lowest BCUT2D eigenvalue weighted by Crippen LogP contribution is -2.40. The van der Waals surface area contributed by atoms with E-state index in [4.69, 9.17) is 0 Å². The Bertz CT molecular complexity index is 993. The van der Waals surface area contributed by atoms with E-state index >= 15 is 0 Å². The van der Waals surface area contributed by atoms with Crippen LogP contribution in [0, 0.1) is 11.3 Å². The van der Waals surface area contributed by atoms with Gasteiger partial charge in [0.25, 0.3) is 0 Å². The zero-order valence-electron chi connectivity index (χ0n) is 17.3. The van der Waals surface area contributed by atoms with Gasteiger partial charge in [-0.3, -0.25) is 9.59 Å². The third kappa shape index (κ3) is 3.26. The number of nitrogens with zero attached hydrogens (tertiary/aromatic N) is 3. The van der Waals surface area contributed by atoms with Crippen molar-refractivity contribution in [3.63, 3.8) is 0 Å². The Morgan fingerprint density at radius 3 is 2.62 bits per heavy atom. The molecule has 5 rings (SSSR count). The molecule has 2 aliphatic carbocycles. The van der Waals surface area contributed by atoms with Crippen LogP contribution in [0.1, 0.15) is 37.7 Å². The Kier molecular flexibility index (Phi) is 4.30. The zero-order chi connectivity index (χ0) is 20.2. The van der Waals surface area contributed by atoms with E-state index in [0.29, 0.717) is 11.9 Å². The first-order valence-corrected chi connectivity index (χ1v) is 10.8. The quantitative estimate of drug-likeness (QED) is 0.750. The number of likely N-dealkylation sites (tertiary alicyclic amines) is 1.